The summed E-state index contributed by atoms with van der Waals surface area (Å²) in [6.45, 7) is 4.97. The molecule has 0 unspecified atom stereocenters. The first-order valence-corrected chi connectivity index (χ1v) is 10.2. The normalized spacial score (nSPS) is 17.9. The highest BCUT2D eigenvalue weighted by atomic mass is 16.5. The van der Waals surface area contributed by atoms with Gasteiger partial charge in [0, 0.05) is 24.1 Å². The minimum absolute atomic E-state index is 0.0159. The Hall–Kier alpha value is -2.11. The van der Waals surface area contributed by atoms with E-state index < -0.39 is 0 Å². The number of hydrogen-bond acceptors (Lipinski definition) is 4. The van der Waals surface area contributed by atoms with Crippen LogP contribution < -0.4 is 10.1 Å². The maximum absolute atomic E-state index is 12.9. The Balaban J connectivity index is 1.70. The number of carbonyl (C=O) groups is 2. The van der Waals surface area contributed by atoms with Crippen LogP contribution in [0.1, 0.15) is 80.4 Å². The van der Waals surface area contributed by atoms with Crippen LogP contribution in [-0.2, 0) is 17.9 Å². The van der Waals surface area contributed by atoms with Gasteiger partial charge < -0.3 is 15.0 Å². The number of carbonyl (C=O) groups excluding carboxylic acids is 2. The van der Waals surface area contributed by atoms with Crippen molar-refractivity contribution in [1.82, 2.24) is 15.2 Å². The molecule has 1 aromatic heterocycles. The SMILES string of the molecule is CCCC[C@@H](C)C(=O)NCc1cc2c(nc1OC)CN(C1CCCC1)C2=O. The molecule has 1 atom stereocenters. The number of hydrogen-bond donors (Lipinski definition) is 1. The number of aromatic nitrogens is 1. The van der Waals surface area contributed by atoms with E-state index in [1.54, 1.807) is 7.11 Å². The second-order valence-electron chi connectivity index (χ2n) is 7.78. The van der Waals surface area contributed by atoms with Gasteiger partial charge in [-0.3, -0.25) is 9.59 Å². The molecule has 1 fully saturated rings. The lowest BCUT2D eigenvalue weighted by Gasteiger charge is -2.22. The van der Waals surface area contributed by atoms with Crippen LogP contribution in [0.2, 0.25) is 0 Å². The van der Waals surface area contributed by atoms with Gasteiger partial charge in [-0.1, -0.05) is 39.5 Å². The van der Waals surface area contributed by atoms with Crippen molar-refractivity contribution < 1.29 is 14.3 Å². The number of unbranched alkanes of at least 4 members (excludes halogenated alkanes) is 1. The van der Waals surface area contributed by atoms with Crippen LogP contribution in [0.5, 0.6) is 5.88 Å². The summed E-state index contributed by atoms with van der Waals surface area (Å²) in [6.07, 6.45) is 7.55. The van der Waals surface area contributed by atoms with Gasteiger partial charge in [0.1, 0.15) is 0 Å². The number of amides is 2. The molecule has 6 heteroatoms. The third-order valence-corrected chi connectivity index (χ3v) is 5.80. The Morgan fingerprint density at radius 1 is 1.41 bits per heavy atom. The van der Waals surface area contributed by atoms with Crippen LogP contribution in [0.15, 0.2) is 6.07 Å². The summed E-state index contributed by atoms with van der Waals surface area (Å²) in [7, 11) is 1.58. The summed E-state index contributed by atoms with van der Waals surface area (Å²) in [5.74, 6) is 0.579. The van der Waals surface area contributed by atoms with E-state index in [1.165, 1.54) is 12.8 Å². The van der Waals surface area contributed by atoms with E-state index in [4.69, 9.17) is 4.74 Å². The molecule has 0 spiro atoms. The Kier molecular flexibility index (Phi) is 6.34. The van der Waals surface area contributed by atoms with E-state index in [0.717, 1.165) is 43.4 Å². The van der Waals surface area contributed by atoms with Gasteiger partial charge in [-0.25, -0.2) is 4.98 Å². The molecule has 27 heavy (non-hydrogen) atoms. The van der Waals surface area contributed by atoms with E-state index in [1.807, 2.05) is 17.9 Å². The molecule has 1 N–H and O–H groups in total. The predicted molar refractivity (Wildman–Crippen MR) is 103 cm³/mol. The Morgan fingerprint density at radius 2 is 2.15 bits per heavy atom. The van der Waals surface area contributed by atoms with Gasteiger partial charge in [0.05, 0.1) is 24.9 Å². The molecule has 6 nitrogen and oxygen atoms in total. The summed E-state index contributed by atoms with van der Waals surface area (Å²) in [5.41, 5.74) is 2.20. The first kappa shape index (κ1) is 19.6. The van der Waals surface area contributed by atoms with Crippen LogP contribution in [0.25, 0.3) is 0 Å². The average molecular weight is 373 g/mol. The summed E-state index contributed by atoms with van der Waals surface area (Å²) in [4.78, 5) is 31.7. The maximum atomic E-state index is 12.9. The largest absolute Gasteiger partial charge is 0.481 e. The number of fused-ring (bicyclic) bond motifs is 1. The minimum Gasteiger partial charge on any atom is -0.481 e. The lowest BCUT2D eigenvalue weighted by molar-refractivity contribution is -0.124. The molecule has 1 aliphatic heterocycles. The van der Waals surface area contributed by atoms with E-state index in [2.05, 4.69) is 17.2 Å². The fourth-order valence-corrected chi connectivity index (χ4v) is 4.08. The second-order valence-corrected chi connectivity index (χ2v) is 7.78. The number of ether oxygens (including phenoxy) is 1. The third-order valence-electron chi connectivity index (χ3n) is 5.80. The molecular weight excluding hydrogens is 342 g/mol. The zero-order valence-corrected chi connectivity index (χ0v) is 16.7. The van der Waals surface area contributed by atoms with Crippen molar-refractivity contribution in [2.45, 2.75) is 77.9 Å². The van der Waals surface area contributed by atoms with Crippen molar-refractivity contribution in [1.29, 1.82) is 0 Å². The fraction of sp³-hybridized carbons (Fsp3) is 0.667. The number of pyridine rings is 1. The number of methoxy groups -OCH3 is 1. The number of rotatable bonds is 8. The first-order valence-electron chi connectivity index (χ1n) is 10.2. The fourth-order valence-electron chi connectivity index (χ4n) is 4.08. The molecule has 0 bridgehead atoms. The lowest BCUT2D eigenvalue weighted by atomic mass is 10.0. The standard InChI is InChI=1S/C21H31N3O3/c1-4-5-8-14(2)19(25)22-12-15-11-17-18(23-20(15)27-3)13-24(21(17)26)16-9-6-7-10-16/h11,14,16H,4-10,12-13H2,1-3H3,(H,22,25)/t14-/m1/s1. The molecule has 2 amide bonds. The highest BCUT2D eigenvalue weighted by Gasteiger charge is 2.35. The van der Waals surface area contributed by atoms with Gasteiger partial charge in [-0.2, -0.15) is 0 Å². The summed E-state index contributed by atoms with van der Waals surface area (Å²) >= 11 is 0. The van der Waals surface area contributed by atoms with Crippen molar-refractivity contribution in [2.24, 2.45) is 5.92 Å². The van der Waals surface area contributed by atoms with Gasteiger partial charge in [0.25, 0.3) is 5.91 Å². The molecule has 0 saturated heterocycles. The Labute approximate surface area is 161 Å². The maximum Gasteiger partial charge on any atom is 0.256 e. The topological polar surface area (TPSA) is 71.5 Å². The van der Waals surface area contributed by atoms with E-state index >= 15 is 0 Å². The first-order chi connectivity index (χ1) is 13.0. The second kappa shape index (κ2) is 8.72. The van der Waals surface area contributed by atoms with Crippen LogP contribution in [-0.4, -0.2) is 34.8 Å². The molecule has 148 valence electrons. The van der Waals surface area contributed by atoms with Crippen molar-refractivity contribution in [3.05, 3.63) is 22.9 Å². The van der Waals surface area contributed by atoms with Gasteiger partial charge >= 0.3 is 0 Å². The molecule has 3 rings (SSSR count). The highest BCUT2D eigenvalue weighted by Crippen LogP contribution is 2.33. The number of nitrogens with one attached hydrogen (secondary N) is 1. The molecule has 2 heterocycles. The van der Waals surface area contributed by atoms with E-state index in [9.17, 15) is 9.59 Å². The Bertz CT molecular complexity index is 698. The molecular formula is C21H31N3O3. The molecule has 1 aliphatic carbocycles. The van der Waals surface area contributed by atoms with Gasteiger partial charge in [-0.15, -0.1) is 0 Å². The predicted octanol–water partition coefficient (Wildman–Crippen LogP) is 3.43. The van der Waals surface area contributed by atoms with Gasteiger partial charge in [-0.05, 0) is 25.3 Å². The summed E-state index contributed by atoms with van der Waals surface area (Å²) in [5, 5.41) is 2.97. The molecule has 1 saturated carbocycles. The molecule has 2 aliphatic rings. The van der Waals surface area contributed by atoms with Crippen molar-refractivity contribution in [2.75, 3.05) is 7.11 Å². The zero-order valence-electron chi connectivity index (χ0n) is 16.7. The van der Waals surface area contributed by atoms with Gasteiger partial charge in [0.2, 0.25) is 11.8 Å². The summed E-state index contributed by atoms with van der Waals surface area (Å²) in [6, 6.07) is 2.19. The van der Waals surface area contributed by atoms with Crippen LogP contribution >= 0.6 is 0 Å². The smallest absolute Gasteiger partial charge is 0.256 e. The monoisotopic (exact) mass is 373 g/mol. The highest BCUT2D eigenvalue weighted by molar-refractivity contribution is 5.98. The summed E-state index contributed by atoms with van der Waals surface area (Å²) < 4.78 is 5.43. The van der Waals surface area contributed by atoms with Crippen LogP contribution in [0.3, 0.4) is 0 Å². The van der Waals surface area contributed by atoms with Crippen LogP contribution in [0, 0.1) is 5.92 Å². The van der Waals surface area contributed by atoms with Crippen LogP contribution in [0.4, 0.5) is 0 Å². The van der Waals surface area contributed by atoms with E-state index in [-0.39, 0.29) is 17.7 Å². The average Bonchev–Trinajstić information content (AvgIpc) is 3.31. The van der Waals surface area contributed by atoms with E-state index in [0.29, 0.717) is 30.6 Å². The molecule has 0 aromatic carbocycles. The van der Waals surface area contributed by atoms with Crippen molar-refractivity contribution >= 4 is 11.8 Å². The number of nitrogens with zero attached hydrogens (tertiary/aromatic N) is 2. The zero-order chi connectivity index (χ0) is 19.4. The van der Waals surface area contributed by atoms with Crippen molar-refractivity contribution in [3.8, 4) is 5.88 Å². The molecule has 0 radical (unpaired) electrons. The third kappa shape index (κ3) is 4.25. The Morgan fingerprint density at radius 3 is 2.81 bits per heavy atom. The van der Waals surface area contributed by atoms with Crippen molar-refractivity contribution in [3.63, 3.8) is 0 Å². The quantitative estimate of drug-likeness (QED) is 0.758. The lowest BCUT2D eigenvalue weighted by Crippen LogP contribution is -2.33. The minimum atomic E-state index is -0.0159. The van der Waals surface area contributed by atoms with Gasteiger partial charge in [0.15, 0.2) is 0 Å². The molecule has 1 aromatic rings.